The smallest absolute Gasteiger partial charge is 0.227 e. The molecule has 2 N–H and O–H groups in total. The quantitative estimate of drug-likeness (QED) is 0.612. The van der Waals surface area contributed by atoms with E-state index in [2.05, 4.69) is 32.7 Å². The van der Waals surface area contributed by atoms with E-state index in [-0.39, 0.29) is 17.2 Å². The second-order valence-corrected chi connectivity index (χ2v) is 8.19. The van der Waals surface area contributed by atoms with E-state index in [9.17, 15) is 9.59 Å². The molecule has 150 valence electrons. The van der Waals surface area contributed by atoms with Gasteiger partial charge in [0, 0.05) is 63.7 Å². The highest BCUT2D eigenvalue weighted by molar-refractivity contribution is 5.95. The van der Waals surface area contributed by atoms with Gasteiger partial charge in [0.2, 0.25) is 11.8 Å². The third-order valence-electron chi connectivity index (χ3n) is 6.14. The summed E-state index contributed by atoms with van der Waals surface area (Å²) in [5, 5.41) is 6.45. The molecule has 3 saturated heterocycles. The van der Waals surface area contributed by atoms with E-state index in [4.69, 9.17) is 0 Å². The maximum Gasteiger partial charge on any atom is 0.227 e. The van der Waals surface area contributed by atoms with Crippen LogP contribution in [0.4, 0.5) is 5.69 Å². The van der Waals surface area contributed by atoms with Crippen LogP contribution in [0.15, 0.2) is 29.3 Å². The first-order chi connectivity index (χ1) is 13.6. The molecule has 0 saturated carbocycles. The zero-order chi connectivity index (χ0) is 19.6. The second kappa shape index (κ2) is 7.81. The first-order valence-corrected chi connectivity index (χ1v) is 10.2. The number of hydrogen-bond acceptors (Lipinski definition) is 3. The Morgan fingerprint density at radius 2 is 2.04 bits per heavy atom. The summed E-state index contributed by atoms with van der Waals surface area (Å²) >= 11 is 0. The molecule has 2 amide bonds. The van der Waals surface area contributed by atoms with Gasteiger partial charge in [-0.1, -0.05) is 12.1 Å². The number of guanidine groups is 1. The van der Waals surface area contributed by atoms with E-state index in [1.165, 1.54) is 0 Å². The second-order valence-electron chi connectivity index (χ2n) is 8.19. The molecular formula is C21H29N5O2. The molecule has 3 fully saturated rings. The van der Waals surface area contributed by atoms with Gasteiger partial charge in [-0.2, -0.15) is 0 Å². The summed E-state index contributed by atoms with van der Waals surface area (Å²) in [6.07, 6.45) is 4.39. The van der Waals surface area contributed by atoms with Gasteiger partial charge in [0.15, 0.2) is 5.96 Å². The lowest BCUT2D eigenvalue weighted by Crippen LogP contribution is -2.51. The molecule has 7 nitrogen and oxygen atoms in total. The van der Waals surface area contributed by atoms with Crippen molar-refractivity contribution in [3.8, 4) is 0 Å². The van der Waals surface area contributed by atoms with Crippen molar-refractivity contribution in [1.82, 2.24) is 15.5 Å². The largest absolute Gasteiger partial charge is 0.355 e. The SMILES string of the molecule is CN=C(NCc1ccc(N2CCCC2=O)cc1)N1CCCC2(CNC(=O)C2)C1. The number of likely N-dealkylation sites (tertiary alicyclic amines) is 1. The zero-order valence-electron chi connectivity index (χ0n) is 16.5. The predicted octanol–water partition coefficient (Wildman–Crippen LogP) is 1.49. The number of nitrogens with one attached hydrogen (secondary N) is 2. The van der Waals surface area contributed by atoms with Crippen LogP contribution in [0.2, 0.25) is 0 Å². The number of carbonyl (C=O) groups is 2. The van der Waals surface area contributed by atoms with Crippen molar-refractivity contribution in [1.29, 1.82) is 0 Å². The van der Waals surface area contributed by atoms with Crippen LogP contribution in [0.25, 0.3) is 0 Å². The van der Waals surface area contributed by atoms with Gasteiger partial charge in [0.25, 0.3) is 0 Å². The molecule has 0 aromatic heterocycles. The van der Waals surface area contributed by atoms with E-state index < -0.39 is 0 Å². The Balaban J connectivity index is 1.35. The zero-order valence-corrected chi connectivity index (χ0v) is 16.5. The first-order valence-electron chi connectivity index (χ1n) is 10.2. The number of carbonyl (C=O) groups excluding carboxylic acids is 2. The van der Waals surface area contributed by atoms with Crippen LogP contribution in [0.3, 0.4) is 0 Å². The number of aliphatic imine (C=N–C) groups is 1. The van der Waals surface area contributed by atoms with E-state index in [1.54, 1.807) is 0 Å². The predicted molar refractivity (Wildman–Crippen MR) is 109 cm³/mol. The molecule has 4 rings (SSSR count). The van der Waals surface area contributed by atoms with Crippen molar-refractivity contribution in [3.63, 3.8) is 0 Å². The highest BCUT2D eigenvalue weighted by Crippen LogP contribution is 2.36. The maximum atomic E-state index is 11.9. The molecule has 0 aliphatic carbocycles. The van der Waals surface area contributed by atoms with E-state index >= 15 is 0 Å². The van der Waals surface area contributed by atoms with E-state index in [0.29, 0.717) is 19.4 Å². The van der Waals surface area contributed by atoms with Crippen molar-refractivity contribution in [2.45, 2.75) is 38.6 Å². The molecule has 3 heterocycles. The summed E-state index contributed by atoms with van der Waals surface area (Å²) in [4.78, 5) is 32.2. The van der Waals surface area contributed by atoms with Gasteiger partial charge in [-0.15, -0.1) is 0 Å². The summed E-state index contributed by atoms with van der Waals surface area (Å²) in [5.74, 6) is 1.27. The Morgan fingerprint density at radius 1 is 1.21 bits per heavy atom. The van der Waals surface area contributed by atoms with Gasteiger partial charge in [-0.05, 0) is 37.0 Å². The summed E-state index contributed by atoms with van der Waals surface area (Å²) in [6, 6.07) is 8.18. The molecule has 0 bridgehead atoms. The monoisotopic (exact) mass is 383 g/mol. The Hall–Kier alpha value is -2.57. The molecule has 1 unspecified atom stereocenters. The van der Waals surface area contributed by atoms with Gasteiger partial charge < -0.3 is 20.4 Å². The summed E-state index contributed by atoms with van der Waals surface area (Å²) in [5.41, 5.74) is 2.18. The van der Waals surface area contributed by atoms with Gasteiger partial charge in [-0.25, -0.2) is 0 Å². The topological polar surface area (TPSA) is 77.0 Å². The van der Waals surface area contributed by atoms with Gasteiger partial charge in [0.05, 0.1) is 0 Å². The lowest BCUT2D eigenvalue weighted by molar-refractivity contribution is -0.120. The van der Waals surface area contributed by atoms with Gasteiger partial charge in [0.1, 0.15) is 0 Å². The molecule has 3 aliphatic heterocycles. The number of amides is 2. The van der Waals surface area contributed by atoms with Crippen LogP contribution >= 0.6 is 0 Å². The molecule has 0 radical (unpaired) electrons. The number of benzene rings is 1. The fourth-order valence-corrected chi connectivity index (χ4v) is 4.66. The van der Waals surface area contributed by atoms with E-state index in [1.807, 2.05) is 24.1 Å². The van der Waals surface area contributed by atoms with Crippen LogP contribution in [0, 0.1) is 5.41 Å². The van der Waals surface area contributed by atoms with Crippen LogP contribution in [-0.4, -0.2) is 55.9 Å². The van der Waals surface area contributed by atoms with Crippen molar-refractivity contribution >= 4 is 23.5 Å². The Bertz CT molecular complexity index is 776. The van der Waals surface area contributed by atoms with Crippen molar-refractivity contribution in [2.24, 2.45) is 10.4 Å². The molecular weight excluding hydrogens is 354 g/mol. The summed E-state index contributed by atoms with van der Waals surface area (Å²) < 4.78 is 0. The standard InChI is InChI=1S/C21H29N5O2/c1-22-20(25-10-3-9-21(15-25)12-18(27)24-14-21)23-13-16-5-7-17(8-6-16)26-11-2-4-19(26)28/h5-8H,2-4,9-15H2,1H3,(H,22,23)(H,24,27). The van der Waals surface area contributed by atoms with Crippen LogP contribution in [0.1, 0.15) is 37.7 Å². The third kappa shape index (κ3) is 3.84. The van der Waals surface area contributed by atoms with Crippen molar-refractivity contribution in [3.05, 3.63) is 29.8 Å². The fraction of sp³-hybridized carbons (Fsp3) is 0.571. The minimum atomic E-state index is 0.0524. The van der Waals surface area contributed by atoms with Crippen molar-refractivity contribution in [2.75, 3.05) is 38.1 Å². The van der Waals surface area contributed by atoms with Crippen LogP contribution < -0.4 is 15.5 Å². The molecule has 1 aromatic carbocycles. The number of piperidine rings is 1. The molecule has 1 atom stereocenters. The molecule has 1 spiro atoms. The molecule has 1 aromatic rings. The minimum absolute atomic E-state index is 0.0524. The average molecular weight is 383 g/mol. The third-order valence-corrected chi connectivity index (χ3v) is 6.14. The highest BCUT2D eigenvalue weighted by Gasteiger charge is 2.42. The van der Waals surface area contributed by atoms with Crippen molar-refractivity contribution < 1.29 is 9.59 Å². The van der Waals surface area contributed by atoms with Gasteiger partial charge in [-0.3, -0.25) is 14.6 Å². The fourth-order valence-electron chi connectivity index (χ4n) is 4.66. The van der Waals surface area contributed by atoms with Gasteiger partial charge >= 0.3 is 0 Å². The normalized spacial score (nSPS) is 25.5. The molecule has 3 aliphatic rings. The Labute approximate surface area is 166 Å². The maximum absolute atomic E-state index is 11.9. The first kappa shape index (κ1) is 18.8. The number of rotatable bonds is 3. The molecule has 28 heavy (non-hydrogen) atoms. The Kier molecular flexibility index (Phi) is 5.24. The van der Waals surface area contributed by atoms with Crippen LogP contribution in [-0.2, 0) is 16.1 Å². The summed E-state index contributed by atoms with van der Waals surface area (Å²) in [7, 11) is 1.81. The van der Waals surface area contributed by atoms with E-state index in [0.717, 1.165) is 62.7 Å². The van der Waals surface area contributed by atoms with Crippen LogP contribution in [0.5, 0.6) is 0 Å². The lowest BCUT2D eigenvalue weighted by Gasteiger charge is -2.40. The Morgan fingerprint density at radius 3 is 2.68 bits per heavy atom. The highest BCUT2D eigenvalue weighted by atomic mass is 16.2. The number of hydrogen-bond donors (Lipinski definition) is 2. The lowest BCUT2D eigenvalue weighted by atomic mass is 9.79. The molecule has 7 heteroatoms. The number of anilines is 1. The minimum Gasteiger partial charge on any atom is -0.355 e. The average Bonchev–Trinajstić information content (AvgIpc) is 3.28. The number of nitrogens with zero attached hydrogens (tertiary/aromatic N) is 3. The summed E-state index contributed by atoms with van der Waals surface area (Å²) in [6.45, 7) is 4.10.